The molecule has 3 aromatic rings. The van der Waals surface area contributed by atoms with Crippen LogP contribution in [0.15, 0.2) is 73.1 Å². The van der Waals surface area contributed by atoms with Gasteiger partial charge in [-0.2, -0.15) is 0 Å². The third kappa shape index (κ3) is 9.35. The number of ether oxygens (including phenoxy) is 2. The molecule has 4 rings (SSSR count). The van der Waals surface area contributed by atoms with Crippen molar-refractivity contribution in [3.63, 3.8) is 0 Å². The van der Waals surface area contributed by atoms with Crippen LogP contribution in [0.25, 0.3) is 0 Å². The molecule has 9 heteroatoms. The van der Waals surface area contributed by atoms with Crippen molar-refractivity contribution in [1.29, 1.82) is 0 Å². The summed E-state index contributed by atoms with van der Waals surface area (Å²) in [7, 11) is 2.07. The molecule has 0 bridgehead atoms. The molecule has 2 heterocycles. The smallest absolute Gasteiger partial charge is 0.258 e. The SMILES string of the molecule is C[C@@H]1CCCCO[C@@H](CN(C)Cc2ccncc2)[C@H](C)CN([C@H](C)CO)C(=O)c2cc(NC(=O)c3ccccc3)ccc2O1. The number of hydrogen-bond donors (Lipinski definition) is 2. The van der Waals surface area contributed by atoms with Crippen molar-refractivity contribution in [2.75, 3.05) is 38.7 Å². The number of nitrogens with zero attached hydrogens (tertiary/aromatic N) is 3. The predicted octanol–water partition coefficient (Wildman–Crippen LogP) is 5.26. The van der Waals surface area contributed by atoms with Gasteiger partial charge in [0.1, 0.15) is 5.75 Å². The Labute approximate surface area is 261 Å². The van der Waals surface area contributed by atoms with E-state index in [-0.39, 0.29) is 36.5 Å². The first-order chi connectivity index (χ1) is 21.2. The predicted molar refractivity (Wildman–Crippen MR) is 172 cm³/mol. The number of amides is 2. The lowest BCUT2D eigenvalue weighted by molar-refractivity contribution is -0.0177. The molecule has 2 N–H and O–H groups in total. The van der Waals surface area contributed by atoms with Gasteiger partial charge in [0.25, 0.3) is 11.8 Å². The molecule has 0 unspecified atom stereocenters. The Kier molecular flexibility index (Phi) is 12.3. The van der Waals surface area contributed by atoms with Crippen molar-refractivity contribution in [1.82, 2.24) is 14.8 Å². The molecule has 4 atom stereocenters. The van der Waals surface area contributed by atoms with Gasteiger partial charge < -0.3 is 24.8 Å². The van der Waals surface area contributed by atoms with Gasteiger partial charge in [0.15, 0.2) is 0 Å². The maximum absolute atomic E-state index is 14.3. The standard InChI is InChI=1S/C35H46N4O5/c1-25-21-39(26(2)24-40)35(42)31-20-30(37-34(41)29-11-6-5-7-12-29)13-14-32(31)44-27(3)10-8-9-19-43-33(25)23-38(4)22-28-15-17-36-18-16-28/h5-7,11-18,20,25-27,33,40H,8-10,19,21-24H2,1-4H3,(H,37,41)/t25-,26-,27-,33+/m1/s1. The summed E-state index contributed by atoms with van der Waals surface area (Å²) in [6.07, 6.45) is 5.97. The minimum atomic E-state index is -0.444. The first-order valence-electron chi connectivity index (χ1n) is 15.5. The molecular formula is C35H46N4O5. The Bertz CT molecular complexity index is 1340. The first kappa shape index (κ1) is 33.1. The number of benzene rings is 2. The second-order valence-corrected chi connectivity index (χ2v) is 11.9. The maximum atomic E-state index is 14.3. The van der Waals surface area contributed by atoms with Crippen LogP contribution in [0.5, 0.6) is 5.75 Å². The molecule has 2 aromatic carbocycles. The summed E-state index contributed by atoms with van der Waals surface area (Å²) >= 11 is 0. The average Bonchev–Trinajstić information content (AvgIpc) is 3.03. The van der Waals surface area contributed by atoms with Crippen LogP contribution in [-0.2, 0) is 11.3 Å². The molecule has 1 aliphatic heterocycles. The minimum Gasteiger partial charge on any atom is -0.490 e. The van der Waals surface area contributed by atoms with Gasteiger partial charge >= 0.3 is 0 Å². The number of rotatable bonds is 8. The van der Waals surface area contributed by atoms with Crippen molar-refractivity contribution in [2.24, 2.45) is 5.92 Å². The highest BCUT2D eigenvalue weighted by atomic mass is 16.5. The summed E-state index contributed by atoms with van der Waals surface area (Å²) in [4.78, 5) is 35.3. The van der Waals surface area contributed by atoms with E-state index in [2.05, 4.69) is 29.2 Å². The highest BCUT2D eigenvalue weighted by Crippen LogP contribution is 2.29. The van der Waals surface area contributed by atoms with E-state index in [1.807, 2.05) is 32.0 Å². The quantitative estimate of drug-likeness (QED) is 0.363. The number of nitrogens with one attached hydrogen (secondary N) is 1. The summed E-state index contributed by atoms with van der Waals surface area (Å²) in [5, 5.41) is 13.1. The second-order valence-electron chi connectivity index (χ2n) is 11.9. The van der Waals surface area contributed by atoms with Gasteiger partial charge in [-0.15, -0.1) is 0 Å². The molecule has 0 saturated carbocycles. The number of hydrogen-bond acceptors (Lipinski definition) is 7. The van der Waals surface area contributed by atoms with Crippen LogP contribution in [0.3, 0.4) is 0 Å². The van der Waals surface area contributed by atoms with Crippen LogP contribution in [0, 0.1) is 5.92 Å². The molecule has 0 spiro atoms. The maximum Gasteiger partial charge on any atom is 0.258 e. The van der Waals surface area contributed by atoms with Gasteiger partial charge in [-0.05, 0) is 88.2 Å². The number of carbonyl (C=O) groups is 2. The van der Waals surface area contributed by atoms with E-state index >= 15 is 0 Å². The Balaban J connectivity index is 1.61. The van der Waals surface area contributed by atoms with Crippen molar-refractivity contribution >= 4 is 17.5 Å². The molecular weight excluding hydrogens is 556 g/mol. The fourth-order valence-corrected chi connectivity index (χ4v) is 5.43. The topological polar surface area (TPSA) is 104 Å². The van der Waals surface area contributed by atoms with Gasteiger partial charge in [0, 0.05) is 55.8 Å². The number of likely N-dealkylation sites (N-methyl/N-ethyl adjacent to an activating group) is 1. The number of aliphatic hydroxyl groups excluding tert-OH is 1. The molecule has 44 heavy (non-hydrogen) atoms. The van der Waals surface area contributed by atoms with Crippen LogP contribution in [-0.4, -0.2) is 83.3 Å². The molecule has 0 radical (unpaired) electrons. The summed E-state index contributed by atoms with van der Waals surface area (Å²) in [5.41, 5.74) is 2.53. The highest BCUT2D eigenvalue weighted by Gasteiger charge is 2.30. The van der Waals surface area contributed by atoms with Gasteiger partial charge in [0.2, 0.25) is 0 Å². The van der Waals surface area contributed by atoms with Crippen molar-refractivity contribution in [3.05, 3.63) is 89.7 Å². The van der Waals surface area contributed by atoms with Crippen LogP contribution >= 0.6 is 0 Å². The van der Waals surface area contributed by atoms with Gasteiger partial charge in [0.05, 0.1) is 30.4 Å². The largest absolute Gasteiger partial charge is 0.490 e. The monoisotopic (exact) mass is 602 g/mol. The zero-order valence-electron chi connectivity index (χ0n) is 26.3. The molecule has 236 valence electrons. The van der Waals surface area contributed by atoms with E-state index in [4.69, 9.17) is 9.47 Å². The number of carbonyl (C=O) groups excluding carboxylic acids is 2. The van der Waals surface area contributed by atoms with Crippen molar-refractivity contribution < 1.29 is 24.2 Å². The van der Waals surface area contributed by atoms with E-state index in [1.54, 1.807) is 59.8 Å². The first-order valence-corrected chi connectivity index (χ1v) is 15.5. The summed E-state index contributed by atoms with van der Waals surface area (Å²) in [6, 6.07) is 17.7. The molecule has 0 fully saturated rings. The molecule has 0 aliphatic carbocycles. The summed E-state index contributed by atoms with van der Waals surface area (Å²) in [5.74, 6) is -0.0967. The lowest BCUT2D eigenvalue weighted by Crippen LogP contribution is -2.47. The van der Waals surface area contributed by atoms with Gasteiger partial charge in [-0.1, -0.05) is 25.1 Å². The van der Waals surface area contributed by atoms with E-state index in [0.717, 1.165) is 25.8 Å². The van der Waals surface area contributed by atoms with Crippen LogP contribution in [0.4, 0.5) is 5.69 Å². The third-order valence-corrected chi connectivity index (χ3v) is 8.04. The van der Waals surface area contributed by atoms with Crippen LogP contribution < -0.4 is 10.1 Å². The number of pyridine rings is 1. The minimum absolute atomic E-state index is 0.0277. The molecule has 9 nitrogen and oxygen atoms in total. The molecule has 1 aromatic heterocycles. The zero-order valence-corrected chi connectivity index (χ0v) is 26.3. The Morgan fingerprint density at radius 1 is 1.11 bits per heavy atom. The Morgan fingerprint density at radius 2 is 1.86 bits per heavy atom. The van der Waals surface area contributed by atoms with Gasteiger partial charge in [-0.25, -0.2) is 0 Å². The van der Waals surface area contributed by atoms with Crippen LogP contribution in [0.1, 0.15) is 66.3 Å². The van der Waals surface area contributed by atoms with E-state index in [0.29, 0.717) is 42.3 Å². The Morgan fingerprint density at radius 3 is 2.59 bits per heavy atom. The summed E-state index contributed by atoms with van der Waals surface area (Å²) < 4.78 is 12.8. The third-order valence-electron chi connectivity index (χ3n) is 8.04. The lowest BCUT2D eigenvalue weighted by atomic mass is 10.0. The fraction of sp³-hybridized carbons (Fsp3) is 0.457. The number of aromatic nitrogens is 1. The number of anilines is 1. The molecule has 2 amide bonds. The molecule has 0 saturated heterocycles. The van der Waals surface area contributed by atoms with Crippen LogP contribution in [0.2, 0.25) is 0 Å². The fourth-order valence-electron chi connectivity index (χ4n) is 5.43. The zero-order chi connectivity index (χ0) is 31.5. The lowest BCUT2D eigenvalue weighted by Gasteiger charge is -2.36. The average molecular weight is 603 g/mol. The highest BCUT2D eigenvalue weighted by molar-refractivity contribution is 6.05. The van der Waals surface area contributed by atoms with Crippen molar-refractivity contribution in [3.8, 4) is 5.75 Å². The molecule has 1 aliphatic rings. The second kappa shape index (κ2) is 16.3. The van der Waals surface area contributed by atoms with E-state index in [9.17, 15) is 14.7 Å². The number of aliphatic hydroxyl groups is 1. The van der Waals surface area contributed by atoms with E-state index in [1.165, 1.54) is 5.56 Å². The normalized spacial score (nSPS) is 20.7. The van der Waals surface area contributed by atoms with Gasteiger partial charge in [-0.3, -0.25) is 19.5 Å². The summed E-state index contributed by atoms with van der Waals surface area (Å²) in [6.45, 7) is 8.18. The number of fused-ring (bicyclic) bond motifs is 1. The van der Waals surface area contributed by atoms with Crippen molar-refractivity contribution in [2.45, 2.75) is 64.8 Å². The van der Waals surface area contributed by atoms with E-state index < -0.39 is 6.04 Å². The Hall–Kier alpha value is -3.79.